The molecule has 0 atom stereocenters. The van der Waals surface area contributed by atoms with Crippen LogP contribution >= 0.6 is 0 Å². The third-order valence-corrected chi connectivity index (χ3v) is 4.59. The topological polar surface area (TPSA) is 75.3 Å². The number of anilines is 1. The highest BCUT2D eigenvalue weighted by atomic mass is 16.2. The molecule has 0 bridgehead atoms. The van der Waals surface area contributed by atoms with Crippen molar-refractivity contribution in [2.75, 3.05) is 12.4 Å². The van der Waals surface area contributed by atoms with Crippen molar-refractivity contribution in [1.82, 2.24) is 5.32 Å². The fourth-order valence-corrected chi connectivity index (χ4v) is 2.92. The van der Waals surface area contributed by atoms with Crippen molar-refractivity contribution in [2.45, 2.75) is 13.3 Å². The summed E-state index contributed by atoms with van der Waals surface area (Å²) in [5.74, 6) is -0.637. The second-order valence-electron chi connectivity index (χ2n) is 6.74. The Hall–Kier alpha value is -3.73. The Morgan fingerprint density at radius 1 is 0.793 bits per heavy atom. The Kier molecular flexibility index (Phi) is 6.19. The molecule has 3 rings (SSSR count). The predicted octanol–water partition coefficient (Wildman–Crippen LogP) is 3.77. The van der Waals surface area contributed by atoms with Crippen LogP contribution in [0.15, 0.2) is 72.8 Å². The first-order chi connectivity index (χ1) is 14.0. The van der Waals surface area contributed by atoms with E-state index in [1.54, 1.807) is 67.7 Å². The minimum Gasteiger partial charge on any atom is -0.359 e. The fraction of sp³-hybridized carbons (Fsp3) is 0.125. The van der Waals surface area contributed by atoms with Gasteiger partial charge in [-0.1, -0.05) is 60.2 Å². The fourth-order valence-electron chi connectivity index (χ4n) is 2.92. The van der Waals surface area contributed by atoms with Gasteiger partial charge in [-0.15, -0.1) is 0 Å². The van der Waals surface area contributed by atoms with E-state index in [2.05, 4.69) is 10.6 Å². The summed E-state index contributed by atoms with van der Waals surface area (Å²) in [4.78, 5) is 37.2. The quantitative estimate of drug-likeness (QED) is 0.633. The zero-order valence-electron chi connectivity index (χ0n) is 16.4. The number of ketones is 1. The van der Waals surface area contributed by atoms with Gasteiger partial charge in [0.25, 0.3) is 5.91 Å². The molecule has 3 aromatic carbocycles. The Morgan fingerprint density at radius 3 is 2.03 bits per heavy atom. The lowest BCUT2D eigenvalue weighted by molar-refractivity contribution is -0.119. The first-order valence-electron chi connectivity index (χ1n) is 9.29. The third kappa shape index (κ3) is 4.96. The van der Waals surface area contributed by atoms with Gasteiger partial charge in [-0.2, -0.15) is 0 Å². The maximum Gasteiger partial charge on any atom is 0.256 e. The van der Waals surface area contributed by atoms with E-state index < -0.39 is 0 Å². The van der Waals surface area contributed by atoms with Crippen LogP contribution in [0.1, 0.15) is 37.4 Å². The molecule has 0 aliphatic rings. The standard InChI is InChI=1S/C24H22N2O3/c1-16-7-11-18(12-8-16)23(28)20-5-3-4-6-21(20)24(29)26-19-13-9-17(10-14-19)15-22(27)25-2/h3-14H,15H2,1-2H3,(H,25,27)(H,26,29). The number of benzene rings is 3. The van der Waals surface area contributed by atoms with Gasteiger partial charge in [0.05, 0.1) is 12.0 Å². The summed E-state index contributed by atoms with van der Waals surface area (Å²) >= 11 is 0. The third-order valence-electron chi connectivity index (χ3n) is 4.59. The van der Waals surface area contributed by atoms with Gasteiger partial charge < -0.3 is 10.6 Å². The molecule has 5 nitrogen and oxygen atoms in total. The van der Waals surface area contributed by atoms with Gasteiger partial charge in [-0.05, 0) is 30.7 Å². The van der Waals surface area contributed by atoms with E-state index in [-0.39, 0.29) is 24.0 Å². The van der Waals surface area contributed by atoms with Crippen LogP contribution in [0.2, 0.25) is 0 Å². The van der Waals surface area contributed by atoms with Crippen LogP contribution < -0.4 is 10.6 Å². The lowest BCUT2D eigenvalue weighted by Crippen LogP contribution is -2.20. The van der Waals surface area contributed by atoms with Crippen molar-refractivity contribution in [3.63, 3.8) is 0 Å². The molecule has 0 radical (unpaired) electrons. The predicted molar refractivity (Wildman–Crippen MR) is 113 cm³/mol. The maximum atomic E-state index is 12.9. The van der Waals surface area contributed by atoms with Gasteiger partial charge >= 0.3 is 0 Å². The second kappa shape index (κ2) is 8.97. The van der Waals surface area contributed by atoms with Gasteiger partial charge in [0.15, 0.2) is 5.78 Å². The Morgan fingerprint density at radius 2 is 1.41 bits per heavy atom. The smallest absolute Gasteiger partial charge is 0.256 e. The molecular formula is C24H22N2O3. The molecule has 0 aromatic heterocycles. The number of amides is 2. The number of hydrogen-bond acceptors (Lipinski definition) is 3. The van der Waals surface area contributed by atoms with E-state index in [9.17, 15) is 14.4 Å². The maximum absolute atomic E-state index is 12.9. The largest absolute Gasteiger partial charge is 0.359 e. The highest BCUT2D eigenvalue weighted by Gasteiger charge is 2.18. The highest BCUT2D eigenvalue weighted by molar-refractivity contribution is 6.17. The summed E-state index contributed by atoms with van der Waals surface area (Å²) in [6.45, 7) is 1.95. The van der Waals surface area contributed by atoms with E-state index in [0.29, 0.717) is 22.4 Å². The van der Waals surface area contributed by atoms with E-state index >= 15 is 0 Å². The molecule has 0 fully saturated rings. The van der Waals surface area contributed by atoms with Crippen molar-refractivity contribution >= 4 is 23.3 Å². The van der Waals surface area contributed by atoms with Crippen molar-refractivity contribution in [3.05, 3.63) is 101 Å². The summed E-state index contributed by atoms with van der Waals surface area (Å²) in [6, 6.07) is 21.1. The number of likely N-dealkylation sites (N-methyl/N-ethyl adjacent to an activating group) is 1. The summed E-state index contributed by atoms with van der Waals surface area (Å²) in [5.41, 5.74) is 3.70. The lowest BCUT2D eigenvalue weighted by Gasteiger charge is -2.10. The molecule has 0 saturated heterocycles. The minimum absolute atomic E-state index is 0.0784. The van der Waals surface area contributed by atoms with E-state index in [1.165, 1.54) is 0 Å². The molecule has 0 aliphatic heterocycles. The minimum atomic E-state index is -0.361. The molecular weight excluding hydrogens is 364 g/mol. The molecule has 146 valence electrons. The second-order valence-corrected chi connectivity index (χ2v) is 6.74. The zero-order valence-corrected chi connectivity index (χ0v) is 16.4. The Balaban J connectivity index is 1.79. The van der Waals surface area contributed by atoms with Crippen LogP contribution in [0.4, 0.5) is 5.69 Å². The van der Waals surface area contributed by atoms with Crippen LogP contribution in [0.25, 0.3) is 0 Å². The first-order valence-corrected chi connectivity index (χ1v) is 9.29. The number of hydrogen-bond donors (Lipinski definition) is 2. The SMILES string of the molecule is CNC(=O)Cc1ccc(NC(=O)c2ccccc2C(=O)c2ccc(C)cc2)cc1. The number of nitrogens with one attached hydrogen (secondary N) is 2. The number of aryl methyl sites for hydroxylation is 1. The Labute approximate surface area is 169 Å². The van der Waals surface area contributed by atoms with Crippen LogP contribution in [0.5, 0.6) is 0 Å². The normalized spacial score (nSPS) is 10.3. The average Bonchev–Trinajstić information content (AvgIpc) is 2.75. The monoisotopic (exact) mass is 386 g/mol. The van der Waals surface area contributed by atoms with E-state index in [4.69, 9.17) is 0 Å². The number of rotatable bonds is 6. The van der Waals surface area contributed by atoms with Gasteiger partial charge in [-0.3, -0.25) is 14.4 Å². The molecule has 0 heterocycles. The molecule has 29 heavy (non-hydrogen) atoms. The van der Waals surface area contributed by atoms with Gasteiger partial charge in [0.1, 0.15) is 0 Å². The van der Waals surface area contributed by atoms with Crippen molar-refractivity contribution in [1.29, 1.82) is 0 Å². The number of carbonyl (C=O) groups excluding carboxylic acids is 3. The van der Waals surface area contributed by atoms with Crippen LogP contribution in [-0.4, -0.2) is 24.6 Å². The molecule has 5 heteroatoms. The van der Waals surface area contributed by atoms with Crippen LogP contribution in [0.3, 0.4) is 0 Å². The molecule has 0 spiro atoms. The average molecular weight is 386 g/mol. The molecule has 0 saturated carbocycles. The van der Waals surface area contributed by atoms with Crippen molar-refractivity contribution in [2.24, 2.45) is 0 Å². The molecule has 0 unspecified atom stereocenters. The van der Waals surface area contributed by atoms with E-state index in [1.807, 2.05) is 19.1 Å². The van der Waals surface area contributed by atoms with Crippen LogP contribution in [-0.2, 0) is 11.2 Å². The molecule has 3 aromatic rings. The van der Waals surface area contributed by atoms with Crippen molar-refractivity contribution < 1.29 is 14.4 Å². The van der Waals surface area contributed by atoms with Crippen LogP contribution in [0, 0.1) is 6.92 Å². The van der Waals surface area contributed by atoms with E-state index in [0.717, 1.165) is 11.1 Å². The van der Waals surface area contributed by atoms with Gasteiger partial charge in [0, 0.05) is 23.9 Å². The first kappa shape index (κ1) is 20.0. The Bertz CT molecular complexity index is 1040. The van der Waals surface area contributed by atoms with Crippen molar-refractivity contribution in [3.8, 4) is 0 Å². The summed E-state index contributed by atoms with van der Waals surface area (Å²) in [7, 11) is 1.59. The molecule has 2 amide bonds. The molecule has 0 aliphatic carbocycles. The summed E-state index contributed by atoms with van der Waals surface area (Å²) < 4.78 is 0. The van der Waals surface area contributed by atoms with Gasteiger partial charge in [0.2, 0.25) is 5.91 Å². The molecule has 2 N–H and O–H groups in total. The lowest BCUT2D eigenvalue weighted by atomic mass is 9.97. The highest BCUT2D eigenvalue weighted by Crippen LogP contribution is 2.18. The summed E-state index contributed by atoms with van der Waals surface area (Å²) in [6.07, 6.45) is 0.276. The zero-order chi connectivity index (χ0) is 20.8. The van der Waals surface area contributed by atoms with Gasteiger partial charge in [-0.25, -0.2) is 0 Å². The summed E-state index contributed by atoms with van der Waals surface area (Å²) in [5, 5.41) is 5.39. The number of carbonyl (C=O) groups is 3.